The number of aliphatic hydroxyl groups is 1. The standard InChI is InChI=1S/C14H20N2O4/c1-10-3-2-4-11(9-10)5-7-15-14(20)16-12(6-8-17)13(18)19/h2-4,9,12,17H,5-8H2,1H3,(H,18,19)(H2,15,16,20). The summed E-state index contributed by atoms with van der Waals surface area (Å²) in [6, 6.07) is 6.34. The van der Waals surface area contributed by atoms with Gasteiger partial charge < -0.3 is 20.8 Å². The van der Waals surface area contributed by atoms with Crippen molar-refractivity contribution in [3.05, 3.63) is 35.4 Å². The minimum Gasteiger partial charge on any atom is -0.480 e. The second-order valence-electron chi connectivity index (χ2n) is 4.54. The number of hydrogen-bond donors (Lipinski definition) is 4. The van der Waals surface area contributed by atoms with Crippen molar-refractivity contribution in [1.29, 1.82) is 0 Å². The van der Waals surface area contributed by atoms with Crippen molar-refractivity contribution >= 4 is 12.0 Å². The maximum absolute atomic E-state index is 11.5. The summed E-state index contributed by atoms with van der Waals surface area (Å²) >= 11 is 0. The zero-order valence-corrected chi connectivity index (χ0v) is 11.4. The number of aliphatic hydroxyl groups excluding tert-OH is 1. The molecule has 0 aliphatic rings. The molecule has 6 heteroatoms. The Morgan fingerprint density at radius 1 is 1.35 bits per heavy atom. The number of aliphatic carboxylic acids is 1. The van der Waals surface area contributed by atoms with Crippen LogP contribution >= 0.6 is 0 Å². The number of rotatable bonds is 7. The molecule has 1 rings (SSSR count). The first kappa shape index (κ1) is 16.0. The summed E-state index contributed by atoms with van der Waals surface area (Å²) in [5.41, 5.74) is 2.26. The quantitative estimate of drug-likeness (QED) is 0.590. The molecule has 0 radical (unpaired) electrons. The summed E-state index contributed by atoms with van der Waals surface area (Å²) in [6.07, 6.45) is 0.660. The van der Waals surface area contributed by atoms with E-state index in [2.05, 4.69) is 10.6 Å². The summed E-state index contributed by atoms with van der Waals surface area (Å²) in [6.45, 7) is 2.12. The molecule has 0 spiro atoms. The number of amides is 2. The van der Waals surface area contributed by atoms with E-state index in [1.54, 1.807) is 0 Å². The first-order chi connectivity index (χ1) is 9.52. The van der Waals surface area contributed by atoms with Gasteiger partial charge in [0.1, 0.15) is 6.04 Å². The largest absolute Gasteiger partial charge is 0.480 e. The van der Waals surface area contributed by atoms with E-state index >= 15 is 0 Å². The van der Waals surface area contributed by atoms with Crippen LogP contribution in [0.15, 0.2) is 24.3 Å². The molecule has 0 heterocycles. The minimum atomic E-state index is -1.16. The second-order valence-corrected chi connectivity index (χ2v) is 4.54. The summed E-state index contributed by atoms with van der Waals surface area (Å²) < 4.78 is 0. The first-order valence-electron chi connectivity index (χ1n) is 6.46. The monoisotopic (exact) mass is 280 g/mol. The molecule has 0 bridgehead atoms. The molecule has 0 aliphatic carbocycles. The predicted molar refractivity (Wildman–Crippen MR) is 74.5 cm³/mol. The maximum Gasteiger partial charge on any atom is 0.326 e. The molecular formula is C14H20N2O4. The molecule has 0 fully saturated rings. The molecule has 1 unspecified atom stereocenters. The van der Waals surface area contributed by atoms with Crippen molar-refractivity contribution in [2.24, 2.45) is 0 Å². The van der Waals surface area contributed by atoms with E-state index in [9.17, 15) is 9.59 Å². The van der Waals surface area contributed by atoms with Gasteiger partial charge in [-0.15, -0.1) is 0 Å². The zero-order valence-electron chi connectivity index (χ0n) is 11.4. The molecule has 0 saturated carbocycles. The minimum absolute atomic E-state index is 0.0133. The first-order valence-corrected chi connectivity index (χ1v) is 6.46. The average molecular weight is 280 g/mol. The Labute approximate surface area is 117 Å². The lowest BCUT2D eigenvalue weighted by Gasteiger charge is -2.14. The fourth-order valence-corrected chi connectivity index (χ4v) is 1.78. The van der Waals surface area contributed by atoms with Gasteiger partial charge in [0, 0.05) is 19.6 Å². The van der Waals surface area contributed by atoms with Gasteiger partial charge in [0.05, 0.1) is 0 Å². The fraction of sp³-hybridized carbons (Fsp3) is 0.429. The normalized spacial score (nSPS) is 11.7. The van der Waals surface area contributed by atoms with Gasteiger partial charge in [-0.25, -0.2) is 9.59 Å². The van der Waals surface area contributed by atoms with Crippen LogP contribution in [0, 0.1) is 6.92 Å². The van der Waals surface area contributed by atoms with Gasteiger partial charge in [-0.1, -0.05) is 29.8 Å². The highest BCUT2D eigenvalue weighted by Crippen LogP contribution is 2.03. The van der Waals surface area contributed by atoms with Crippen molar-refractivity contribution in [3.63, 3.8) is 0 Å². The third kappa shape index (κ3) is 5.71. The lowest BCUT2D eigenvalue weighted by molar-refractivity contribution is -0.139. The van der Waals surface area contributed by atoms with Crippen molar-refractivity contribution in [2.45, 2.75) is 25.8 Å². The van der Waals surface area contributed by atoms with Crippen molar-refractivity contribution in [2.75, 3.05) is 13.2 Å². The SMILES string of the molecule is Cc1cccc(CCNC(=O)NC(CCO)C(=O)O)c1. The van der Waals surface area contributed by atoms with E-state index in [0.717, 1.165) is 11.1 Å². The smallest absolute Gasteiger partial charge is 0.326 e. The van der Waals surface area contributed by atoms with Crippen molar-refractivity contribution in [1.82, 2.24) is 10.6 Å². The van der Waals surface area contributed by atoms with Gasteiger partial charge in [0.15, 0.2) is 0 Å². The number of urea groups is 1. The van der Waals surface area contributed by atoms with Crippen LogP contribution in [0.1, 0.15) is 17.5 Å². The van der Waals surface area contributed by atoms with E-state index in [1.807, 2.05) is 31.2 Å². The predicted octanol–water partition coefficient (Wildman–Crippen LogP) is 0.672. The molecule has 20 heavy (non-hydrogen) atoms. The van der Waals surface area contributed by atoms with Crippen LogP contribution in [0.3, 0.4) is 0 Å². The molecule has 110 valence electrons. The van der Waals surface area contributed by atoms with Gasteiger partial charge in [0.25, 0.3) is 0 Å². The van der Waals surface area contributed by atoms with Gasteiger partial charge in [0.2, 0.25) is 0 Å². The molecular weight excluding hydrogens is 260 g/mol. The van der Waals surface area contributed by atoms with Crippen LogP contribution in [0.5, 0.6) is 0 Å². The van der Waals surface area contributed by atoms with Crippen molar-refractivity contribution in [3.8, 4) is 0 Å². The Balaban J connectivity index is 2.34. The Kier molecular flexibility index (Phi) is 6.52. The van der Waals surface area contributed by atoms with E-state index in [-0.39, 0.29) is 13.0 Å². The molecule has 1 aromatic rings. The summed E-state index contributed by atoms with van der Waals surface area (Å²) in [5, 5.41) is 22.5. The third-order valence-corrected chi connectivity index (χ3v) is 2.80. The van der Waals surface area contributed by atoms with Crippen LogP contribution < -0.4 is 10.6 Å². The van der Waals surface area contributed by atoms with Gasteiger partial charge in [-0.05, 0) is 18.9 Å². The molecule has 1 aromatic carbocycles. The van der Waals surface area contributed by atoms with Crippen LogP contribution in [-0.4, -0.2) is 41.4 Å². The van der Waals surface area contributed by atoms with Crippen LogP contribution in [0.4, 0.5) is 4.79 Å². The lowest BCUT2D eigenvalue weighted by Crippen LogP contribution is -2.46. The Morgan fingerprint density at radius 3 is 2.70 bits per heavy atom. The summed E-state index contributed by atoms with van der Waals surface area (Å²) in [7, 11) is 0. The molecule has 0 aromatic heterocycles. The zero-order chi connectivity index (χ0) is 15.0. The van der Waals surface area contributed by atoms with Crippen LogP contribution in [0.25, 0.3) is 0 Å². The topological polar surface area (TPSA) is 98.7 Å². The molecule has 4 N–H and O–H groups in total. The average Bonchev–Trinajstić information content (AvgIpc) is 2.38. The summed E-state index contributed by atoms with van der Waals surface area (Å²) in [4.78, 5) is 22.3. The molecule has 1 atom stereocenters. The number of carboxylic acid groups (broad SMARTS) is 1. The number of carboxylic acids is 1. The summed E-state index contributed by atoms with van der Waals surface area (Å²) in [5.74, 6) is -1.16. The van der Waals surface area contributed by atoms with Gasteiger partial charge >= 0.3 is 12.0 Å². The molecule has 0 aliphatic heterocycles. The van der Waals surface area contributed by atoms with E-state index in [0.29, 0.717) is 13.0 Å². The highest BCUT2D eigenvalue weighted by atomic mass is 16.4. The Morgan fingerprint density at radius 2 is 2.10 bits per heavy atom. The maximum atomic E-state index is 11.5. The van der Waals surface area contributed by atoms with E-state index in [1.165, 1.54) is 0 Å². The Hall–Kier alpha value is -2.08. The molecule has 6 nitrogen and oxygen atoms in total. The molecule has 2 amide bonds. The van der Waals surface area contributed by atoms with Crippen LogP contribution in [-0.2, 0) is 11.2 Å². The van der Waals surface area contributed by atoms with Gasteiger partial charge in [-0.3, -0.25) is 0 Å². The third-order valence-electron chi connectivity index (χ3n) is 2.80. The number of aryl methyl sites for hydroxylation is 1. The van der Waals surface area contributed by atoms with Crippen LogP contribution in [0.2, 0.25) is 0 Å². The fourth-order valence-electron chi connectivity index (χ4n) is 1.78. The number of benzene rings is 1. The highest BCUT2D eigenvalue weighted by molar-refractivity contribution is 5.82. The van der Waals surface area contributed by atoms with E-state index < -0.39 is 18.0 Å². The highest BCUT2D eigenvalue weighted by Gasteiger charge is 2.18. The van der Waals surface area contributed by atoms with Crippen molar-refractivity contribution < 1.29 is 19.8 Å². The van der Waals surface area contributed by atoms with Gasteiger partial charge in [-0.2, -0.15) is 0 Å². The number of carbonyl (C=O) groups is 2. The number of nitrogens with one attached hydrogen (secondary N) is 2. The molecule has 0 saturated heterocycles. The number of hydrogen-bond acceptors (Lipinski definition) is 3. The Bertz CT molecular complexity index is 462. The number of carbonyl (C=O) groups excluding carboxylic acids is 1. The lowest BCUT2D eigenvalue weighted by atomic mass is 10.1. The second kappa shape index (κ2) is 8.16. The van der Waals surface area contributed by atoms with E-state index in [4.69, 9.17) is 10.2 Å².